The average molecular weight is 398 g/mol. The summed E-state index contributed by atoms with van der Waals surface area (Å²) in [5.74, 6) is -0.137. The maximum atomic E-state index is 13.2. The number of piperidine rings is 1. The summed E-state index contributed by atoms with van der Waals surface area (Å²) in [4.78, 5) is 24.7. The van der Waals surface area contributed by atoms with Crippen molar-refractivity contribution < 1.29 is 14.3 Å². The van der Waals surface area contributed by atoms with Crippen LogP contribution in [0.2, 0.25) is 0 Å². The molecular weight excluding hydrogens is 370 g/mol. The van der Waals surface area contributed by atoms with Crippen molar-refractivity contribution in [3.8, 4) is 0 Å². The predicted molar refractivity (Wildman–Crippen MR) is 113 cm³/mol. The lowest BCUT2D eigenvalue weighted by Gasteiger charge is -2.38. The Labute approximate surface area is 171 Å². The molecule has 0 bridgehead atoms. The number of carbonyl (C=O) groups excluding carboxylic acids is 2. The van der Waals surface area contributed by atoms with Crippen LogP contribution in [-0.2, 0) is 26.3 Å². The maximum Gasteiger partial charge on any atom is 0.311 e. The van der Waals surface area contributed by atoms with E-state index in [9.17, 15) is 9.59 Å². The number of hydrogen-bond donors (Lipinski definition) is 1. The predicted octanol–water partition coefficient (Wildman–Crippen LogP) is 3.95. The van der Waals surface area contributed by atoms with Crippen molar-refractivity contribution in [2.45, 2.75) is 31.8 Å². The highest BCUT2D eigenvalue weighted by Gasteiger charge is 2.39. The van der Waals surface area contributed by atoms with Gasteiger partial charge in [0, 0.05) is 25.5 Å². The van der Waals surface area contributed by atoms with Gasteiger partial charge in [-0.2, -0.15) is 0 Å². The summed E-state index contributed by atoms with van der Waals surface area (Å²) in [6.45, 7) is 3.16. The molecule has 1 fully saturated rings. The molecule has 0 radical (unpaired) electrons. The largest absolute Gasteiger partial charge is 0.454 e. The summed E-state index contributed by atoms with van der Waals surface area (Å²) in [5.41, 5.74) is 1.52. The minimum absolute atomic E-state index is 0.0190. The van der Waals surface area contributed by atoms with Crippen LogP contribution in [0.1, 0.15) is 30.9 Å². The lowest BCUT2D eigenvalue weighted by atomic mass is 9.84. The molecule has 0 saturated carbocycles. The van der Waals surface area contributed by atoms with E-state index >= 15 is 0 Å². The zero-order valence-electron chi connectivity index (χ0n) is 16.2. The molecule has 0 aromatic heterocycles. The zero-order chi connectivity index (χ0) is 19.8. The summed E-state index contributed by atoms with van der Waals surface area (Å²) >= 11 is 1.19. The molecule has 1 heterocycles. The van der Waals surface area contributed by atoms with Gasteiger partial charge in [0.15, 0.2) is 5.12 Å². The van der Waals surface area contributed by atoms with Crippen LogP contribution >= 0.6 is 11.8 Å². The van der Waals surface area contributed by atoms with Gasteiger partial charge >= 0.3 is 5.97 Å². The second kappa shape index (κ2) is 9.89. The topological polar surface area (TPSA) is 55.4 Å². The van der Waals surface area contributed by atoms with Crippen molar-refractivity contribution in [1.29, 1.82) is 0 Å². The first kappa shape index (κ1) is 20.6. The minimum Gasteiger partial charge on any atom is -0.454 e. The summed E-state index contributed by atoms with van der Waals surface area (Å²) in [5, 5.41) is 3.37. The molecule has 0 amide bonds. The lowest BCUT2D eigenvalue weighted by molar-refractivity contribution is -0.168. The fourth-order valence-corrected chi connectivity index (χ4v) is 4.31. The van der Waals surface area contributed by atoms with Gasteiger partial charge in [-0.15, -0.1) is 0 Å². The first-order valence-electron chi connectivity index (χ1n) is 9.75. The van der Waals surface area contributed by atoms with Crippen molar-refractivity contribution >= 4 is 22.8 Å². The Balaban J connectivity index is 1.80. The molecule has 1 unspecified atom stereocenters. The Hall–Kier alpha value is -2.11. The number of ether oxygens (including phenoxy) is 1. The minimum atomic E-state index is -0.598. The molecule has 2 aromatic rings. The highest BCUT2D eigenvalue weighted by Crippen LogP contribution is 2.36. The molecule has 1 N–H and O–H groups in total. The Bertz CT molecular complexity index is 773. The SMILES string of the molecule is CC(=O)SCC(Cc1ccccc1)C(=O)OC1(c2ccccc2)CCNCC1. The van der Waals surface area contributed by atoms with E-state index in [-0.39, 0.29) is 17.0 Å². The third-order valence-corrected chi connectivity index (χ3v) is 6.13. The number of benzene rings is 2. The fraction of sp³-hybridized carbons (Fsp3) is 0.391. The van der Waals surface area contributed by atoms with Crippen molar-refractivity contribution in [3.05, 3.63) is 71.8 Å². The highest BCUT2D eigenvalue weighted by molar-refractivity contribution is 8.13. The van der Waals surface area contributed by atoms with E-state index in [0.717, 1.165) is 37.1 Å². The normalized spacial score (nSPS) is 16.9. The Morgan fingerprint density at radius 3 is 2.25 bits per heavy atom. The molecule has 28 heavy (non-hydrogen) atoms. The van der Waals surface area contributed by atoms with Gasteiger partial charge in [-0.25, -0.2) is 0 Å². The first-order chi connectivity index (χ1) is 13.6. The van der Waals surface area contributed by atoms with E-state index in [0.29, 0.717) is 12.2 Å². The second-order valence-electron chi connectivity index (χ2n) is 7.22. The average Bonchev–Trinajstić information content (AvgIpc) is 2.73. The van der Waals surface area contributed by atoms with Crippen molar-refractivity contribution in [3.63, 3.8) is 0 Å². The van der Waals surface area contributed by atoms with Gasteiger partial charge < -0.3 is 10.1 Å². The van der Waals surface area contributed by atoms with E-state index in [1.54, 1.807) is 0 Å². The lowest BCUT2D eigenvalue weighted by Crippen LogP contribution is -2.44. The molecule has 1 aliphatic heterocycles. The molecule has 1 atom stereocenters. The van der Waals surface area contributed by atoms with Crippen LogP contribution in [0.25, 0.3) is 0 Å². The maximum absolute atomic E-state index is 13.2. The van der Waals surface area contributed by atoms with Crippen LogP contribution in [0.3, 0.4) is 0 Å². The Morgan fingerprint density at radius 2 is 1.64 bits per heavy atom. The molecular formula is C23H27NO3S. The van der Waals surface area contributed by atoms with Crippen LogP contribution in [0, 0.1) is 5.92 Å². The van der Waals surface area contributed by atoms with E-state index in [1.807, 2.05) is 60.7 Å². The summed E-state index contributed by atoms with van der Waals surface area (Å²) in [7, 11) is 0. The Morgan fingerprint density at radius 1 is 1.04 bits per heavy atom. The highest BCUT2D eigenvalue weighted by atomic mass is 32.2. The van der Waals surface area contributed by atoms with Gasteiger partial charge in [0.1, 0.15) is 5.60 Å². The van der Waals surface area contributed by atoms with Gasteiger partial charge in [0.2, 0.25) is 0 Å². The molecule has 2 aromatic carbocycles. The second-order valence-corrected chi connectivity index (χ2v) is 8.42. The van der Waals surface area contributed by atoms with Gasteiger partial charge in [-0.3, -0.25) is 9.59 Å². The number of thioether (sulfide) groups is 1. The van der Waals surface area contributed by atoms with Gasteiger partial charge in [0.25, 0.3) is 0 Å². The van der Waals surface area contributed by atoms with Gasteiger partial charge in [0.05, 0.1) is 5.92 Å². The first-order valence-corrected chi connectivity index (χ1v) is 10.7. The van der Waals surface area contributed by atoms with E-state index in [2.05, 4.69) is 5.32 Å². The van der Waals surface area contributed by atoms with Crippen molar-refractivity contribution in [2.75, 3.05) is 18.8 Å². The molecule has 0 aliphatic carbocycles. The quantitative estimate of drug-likeness (QED) is 0.717. The molecule has 4 nitrogen and oxygen atoms in total. The molecule has 1 aliphatic rings. The third kappa shape index (κ3) is 5.46. The van der Waals surface area contributed by atoms with Crippen LogP contribution in [0.15, 0.2) is 60.7 Å². The van der Waals surface area contributed by atoms with E-state index < -0.39 is 5.60 Å². The Kier molecular flexibility index (Phi) is 7.29. The van der Waals surface area contributed by atoms with E-state index in [1.165, 1.54) is 18.7 Å². The smallest absolute Gasteiger partial charge is 0.311 e. The van der Waals surface area contributed by atoms with Crippen LogP contribution in [0.5, 0.6) is 0 Å². The fourth-order valence-electron chi connectivity index (χ4n) is 3.62. The van der Waals surface area contributed by atoms with Crippen molar-refractivity contribution in [2.24, 2.45) is 5.92 Å². The molecule has 0 spiro atoms. The molecule has 1 saturated heterocycles. The molecule has 148 valence electrons. The van der Waals surface area contributed by atoms with Crippen LogP contribution in [0.4, 0.5) is 0 Å². The third-order valence-electron chi connectivity index (χ3n) is 5.15. The summed E-state index contributed by atoms with van der Waals surface area (Å²) in [6, 6.07) is 19.9. The summed E-state index contributed by atoms with van der Waals surface area (Å²) < 4.78 is 6.23. The molecule has 3 rings (SSSR count). The van der Waals surface area contributed by atoms with E-state index in [4.69, 9.17) is 4.74 Å². The van der Waals surface area contributed by atoms with Crippen LogP contribution < -0.4 is 5.32 Å². The zero-order valence-corrected chi connectivity index (χ0v) is 17.0. The van der Waals surface area contributed by atoms with Gasteiger partial charge in [-0.05, 0) is 30.6 Å². The van der Waals surface area contributed by atoms with Crippen molar-refractivity contribution in [1.82, 2.24) is 5.32 Å². The number of nitrogens with one attached hydrogen (secondary N) is 1. The van der Waals surface area contributed by atoms with Gasteiger partial charge in [-0.1, -0.05) is 72.4 Å². The number of esters is 1. The number of hydrogen-bond acceptors (Lipinski definition) is 5. The summed E-state index contributed by atoms with van der Waals surface area (Å²) in [6.07, 6.45) is 2.07. The monoisotopic (exact) mass is 397 g/mol. The standard InChI is InChI=1S/C23H27NO3S/c1-18(25)28-17-20(16-19-8-4-2-5-9-19)22(26)27-23(12-14-24-15-13-23)21-10-6-3-7-11-21/h2-11,20,24H,12-17H2,1H3. The van der Waals surface area contributed by atoms with Crippen LogP contribution in [-0.4, -0.2) is 29.9 Å². The number of rotatable bonds is 7. The number of carbonyl (C=O) groups is 2. The molecule has 5 heteroatoms.